The molecule has 0 saturated heterocycles. The molecule has 3 aromatic rings. The van der Waals surface area contributed by atoms with Crippen molar-refractivity contribution in [2.75, 3.05) is 22.6 Å². The third-order valence-electron chi connectivity index (χ3n) is 8.41. The Balaban J connectivity index is 1.40. The number of rotatable bonds is 9. The molecular formula is C27H36N6O4S2. The minimum atomic E-state index is -3.34. The predicted molar refractivity (Wildman–Crippen MR) is 153 cm³/mol. The summed E-state index contributed by atoms with van der Waals surface area (Å²) in [7, 11) is -3.34. The van der Waals surface area contributed by atoms with Crippen LogP contribution < -0.4 is 10.6 Å². The fraction of sp³-hybridized carbons (Fsp3) is 0.630. The SMILES string of the molecule is Cc1nc(N[C@H](C)C2CC2)nc(NC2C[C@H](CS(C)(=O)=O)[C@@H](O)[C@@]2(C)O)c1-c1nc2c(C3CC3)nccc2s1. The predicted octanol–water partition coefficient (Wildman–Crippen LogP) is 3.50. The van der Waals surface area contributed by atoms with E-state index in [1.807, 2.05) is 19.2 Å². The number of nitrogens with zero attached hydrogens (tertiary/aromatic N) is 4. The lowest BCUT2D eigenvalue weighted by Gasteiger charge is -2.30. The van der Waals surface area contributed by atoms with Crippen LogP contribution in [0.2, 0.25) is 0 Å². The van der Waals surface area contributed by atoms with Crippen molar-refractivity contribution < 1.29 is 18.6 Å². The van der Waals surface area contributed by atoms with Crippen molar-refractivity contribution in [2.24, 2.45) is 11.8 Å². The van der Waals surface area contributed by atoms with Gasteiger partial charge in [-0.1, -0.05) is 0 Å². The van der Waals surface area contributed by atoms with Gasteiger partial charge >= 0.3 is 0 Å². The van der Waals surface area contributed by atoms with Gasteiger partial charge in [0.05, 0.1) is 39.5 Å². The lowest BCUT2D eigenvalue weighted by Crippen LogP contribution is -2.48. The normalized spacial score (nSPS) is 28.1. The van der Waals surface area contributed by atoms with Crippen LogP contribution in [0.25, 0.3) is 20.8 Å². The molecule has 6 rings (SSSR count). The van der Waals surface area contributed by atoms with Crippen LogP contribution in [-0.4, -0.2) is 74.4 Å². The van der Waals surface area contributed by atoms with Crippen LogP contribution in [0.3, 0.4) is 0 Å². The molecule has 0 amide bonds. The Hall–Kier alpha value is -2.41. The lowest BCUT2D eigenvalue weighted by molar-refractivity contribution is -0.0557. The van der Waals surface area contributed by atoms with E-state index in [0.29, 0.717) is 23.6 Å². The van der Waals surface area contributed by atoms with E-state index in [9.17, 15) is 18.6 Å². The van der Waals surface area contributed by atoms with E-state index in [0.717, 1.165) is 51.3 Å². The Labute approximate surface area is 232 Å². The number of hydrogen-bond acceptors (Lipinski definition) is 11. The highest BCUT2D eigenvalue weighted by atomic mass is 32.2. The van der Waals surface area contributed by atoms with Crippen molar-refractivity contribution in [3.63, 3.8) is 0 Å². The van der Waals surface area contributed by atoms with Crippen LogP contribution in [0.4, 0.5) is 11.8 Å². The van der Waals surface area contributed by atoms with Crippen LogP contribution in [0.1, 0.15) is 63.3 Å². The third-order valence-corrected chi connectivity index (χ3v) is 10.5. The first-order chi connectivity index (χ1) is 18.4. The quantitative estimate of drug-likeness (QED) is 0.300. The second kappa shape index (κ2) is 9.60. The summed E-state index contributed by atoms with van der Waals surface area (Å²) in [4.78, 5) is 19.3. The Morgan fingerprint density at radius 3 is 2.62 bits per heavy atom. The van der Waals surface area contributed by atoms with Crippen LogP contribution in [0.15, 0.2) is 12.3 Å². The smallest absolute Gasteiger partial charge is 0.225 e. The Morgan fingerprint density at radius 1 is 1.21 bits per heavy atom. The van der Waals surface area contributed by atoms with Crippen molar-refractivity contribution in [1.82, 2.24) is 19.9 Å². The maximum absolute atomic E-state index is 12.0. The summed E-state index contributed by atoms with van der Waals surface area (Å²) in [6, 6.07) is 1.58. The van der Waals surface area contributed by atoms with Gasteiger partial charge in [-0.25, -0.2) is 18.4 Å². The number of anilines is 2. The molecule has 3 saturated carbocycles. The van der Waals surface area contributed by atoms with Gasteiger partial charge in [0, 0.05) is 30.3 Å². The first-order valence-electron chi connectivity index (χ1n) is 13.7. The number of aryl methyl sites for hydroxylation is 1. The number of pyridine rings is 1. The fourth-order valence-corrected chi connectivity index (χ4v) is 7.99. The molecule has 3 aliphatic rings. The van der Waals surface area contributed by atoms with Crippen molar-refractivity contribution >= 4 is 43.2 Å². The largest absolute Gasteiger partial charge is 0.390 e. The third kappa shape index (κ3) is 5.36. The van der Waals surface area contributed by atoms with Crippen LogP contribution in [0, 0.1) is 18.8 Å². The summed E-state index contributed by atoms with van der Waals surface area (Å²) in [5, 5.41) is 29.8. The summed E-state index contributed by atoms with van der Waals surface area (Å²) >= 11 is 1.56. The second-order valence-electron chi connectivity index (χ2n) is 11.9. The molecule has 3 fully saturated rings. The van der Waals surface area contributed by atoms with E-state index in [4.69, 9.17) is 15.0 Å². The molecule has 5 atom stereocenters. The number of aliphatic hydroxyl groups excluding tert-OH is 1. The molecule has 3 heterocycles. The van der Waals surface area contributed by atoms with Gasteiger partial charge in [-0.3, -0.25) is 4.98 Å². The van der Waals surface area contributed by atoms with Crippen LogP contribution in [-0.2, 0) is 9.84 Å². The molecule has 3 aromatic heterocycles. The van der Waals surface area contributed by atoms with E-state index in [-0.39, 0.29) is 18.2 Å². The number of hydrogen-bond donors (Lipinski definition) is 4. The molecule has 4 N–H and O–H groups in total. The van der Waals surface area contributed by atoms with E-state index < -0.39 is 33.5 Å². The number of fused-ring (bicyclic) bond motifs is 1. The summed E-state index contributed by atoms with van der Waals surface area (Å²) in [6.07, 6.45) is 6.69. The zero-order valence-electron chi connectivity index (χ0n) is 22.7. The molecular weight excluding hydrogens is 536 g/mol. The van der Waals surface area contributed by atoms with Gasteiger partial charge < -0.3 is 20.8 Å². The maximum Gasteiger partial charge on any atom is 0.225 e. The van der Waals surface area contributed by atoms with E-state index in [2.05, 4.69) is 22.5 Å². The molecule has 3 aliphatic carbocycles. The highest BCUT2D eigenvalue weighted by Gasteiger charge is 2.51. The topological polar surface area (TPSA) is 150 Å². The second-order valence-corrected chi connectivity index (χ2v) is 15.1. The van der Waals surface area contributed by atoms with Crippen LogP contribution in [0.5, 0.6) is 0 Å². The summed E-state index contributed by atoms with van der Waals surface area (Å²) in [6.45, 7) is 5.60. The standard InChI is InChI=1S/C27H36N6O4S2/c1-13(15-5-6-15)29-26-30-14(2)20(25-32-22-18(38-25)9-10-28-21(22)16-7-8-16)24(33-26)31-19-11-17(12-39(4,36)37)23(34)27(19,3)35/h9-10,13,15-17,19,23,34-35H,5-8,11-12H2,1-4H3,(H2,29,30,31,33)/t13-,17-,19?,23-,27+/m1/s1. The molecule has 12 heteroatoms. The van der Waals surface area contributed by atoms with Crippen LogP contribution >= 0.6 is 11.3 Å². The number of thiazole rings is 1. The first kappa shape index (κ1) is 26.8. The van der Waals surface area contributed by atoms with Gasteiger partial charge in [0.2, 0.25) is 5.95 Å². The molecule has 10 nitrogen and oxygen atoms in total. The van der Waals surface area contributed by atoms with Gasteiger partial charge in [-0.15, -0.1) is 11.3 Å². The highest BCUT2D eigenvalue weighted by molar-refractivity contribution is 7.90. The molecule has 0 bridgehead atoms. The summed E-state index contributed by atoms with van der Waals surface area (Å²) in [5.74, 6) is 1.26. The minimum absolute atomic E-state index is 0.196. The van der Waals surface area contributed by atoms with E-state index >= 15 is 0 Å². The molecule has 0 aliphatic heterocycles. The number of nitrogens with one attached hydrogen (secondary N) is 2. The highest BCUT2D eigenvalue weighted by Crippen LogP contribution is 2.45. The maximum atomic E-state index is 12.0. The monoisotopic (exact) mass is 572 g/mol. The fourth-order valence-electron chi connectivity index (χ4n) is 5.82. The van der Waals surface area contributed by atoms with Gasteiger partial charge in [-0.2, -0.15) is 4.98 Å². The average Bonchev–Trinajstić information content (AvgIpc) is 3.77. The zero-order chi connectivity index (χ0) is 27.7. The van der Waals surface area contributed by atoms with E-state index in [1.54, 1.807) is 18.3 Å². The molecule has 1 unspecified atom stereocenters. The van der Waals surface area contributed by atoms with Crippen molar-refractivity contribution in [2.45, 2.75) is 82.6 Å². The van der Waals surface area contributed by atoms with Gasteiger partial charge in [0.15, 0.2) is 0 Å². The summed E-state index contributed by atoms with van der Waals surface area (Å²) in [5.41, 5.74) is 1.86. The Morgan fingerprint density at radius 2 is 1.95 bits per heavy atom. The number of aliphatic hydroxyl groups is 2. The first-order valence-corrected chi connectivity index (χ1v) is 16.5. The zero-order valence-corrected chi connectivity index (χ0v) is 24.3. The van der Waals surface area contributed by atoms with Crippen molar-refractivity contribution in [3.8, 4) is 10.6 Å². The lowest BCUT2D eigenvalue weighted by atomic mass is 9.97. The number of aromatic nitrogens is 4. The molecule has 0 spiro atoms. The van der Waals surface area contributed by atoms with Crippen molar-refractivity contribution in [1.29, 1.82) is 0 Å². The molecule has 210 valence electrons. The molecule has 39 heavy (non-hydrogen) atoms. The Kier molecular flexibility index (Phi) is 6.60. The number of sulfone groups is 1. The van der Waals surface area contributed by atoms with E-state index in [1.165, 1.54) is 12.8 Å². The Bertz CT molecular complexity index is 1520. The van der Waals surface area contributed by atoms with Gasteiger partial charge in [0.25, 0.3) is 0 Å². The molecule has 0 radical (unpaired) electrons. The van der Waals surface area contributed by atoms with Crippen molar-refractivity contribution in [3.05, 3.63) is 23.7 Å². The summed E-state index contributed by atoms with van der Waals surface area (Å²) < 4.78 is 25.1. The average molecular weight is 573 g/mol. The van der Waals surface area contributed by atoms with Gasteiger partial charge in [-0.05, 0) is 64.9 Å². The molecule has 0 aromatic carbocycles. The van der Waals surface area contributed by atoms with Gasteiger partial charge in [0.1, 0.15) is 31.8 Å². The minimum Gasteiger partial charge on any atom is -0.390 e.